The molecule has 0 bridgehead atoms. The van der Waals surface area contributed by atoms with Crippen LogP contribution in [-0.4, -0.2) is 38.4 Å². The van der Waals surface area contributed by atoms with E-state index in [1.54, 1.807) is 30.5 Å². The molecule has 31 heavy (non-hydrogen) atoms. The Morgan fingerprint density at radius 2 is 2.00 bits per heavy atom. The van der Waals surface area contributed by atoms with Crippen molar-refractivity contribution in [3.63, 3.8) is 0 Å². The molecule has 162 valence electrons. The Kier molecular flexibility index (Phi) is 6.02. The molecule has 0 radical (unpaired) electrons. The molecule has 4 rings (SSSR count). The number of benzene rings is 1. The van der Waals surface area contributed by atoms with Crippen molar-refractivity contribution in [3.05, 3.63) is 40.5 Å². The Morgan fingerprint density at radius 3 is 2.65 bits per heavy atom. The van der Waals surface area contributed by atoms with Crippen LogP contribution in [0.25, 0.3) is 22.8 Å². The van der Waals surface area contributed by atoms with Crippen LogP contribution >= 0.6 is 23.2 Å². The fourth-order valence-corrected chi connectivity index (χ4v) is 3.57. The number of hydrogen-bond acceptors (Lipinski definition) is 7. The maximum Gasteiger partial charge on any atom is 0.306 e. The van der Waals surface area contributed by atoms with Crippen molar-refractivity contribution < 1.29 is 23.9 Å². The molecule has 0 amide bonds. The number of aliphatic carboxylic acids is 1. The number of hydrogen-bond donors (Lipinski definition) is 1. The van der Waals surface area contributed by atoms with Gasteiger partial charge in [0.15, 0.2) is 0 Å². The van der Waals surface area contributed by atoms with E-state index in [0.29, 0.717) is 51.5 Å². The summed E-state index contributed by atoms with van der Waals surface area (Å²) in [6.07, 6.45) is 2.35. The predicted octanol–water partition coefficient (Wildman–Crippen LogP) is 5.13. The zero-order valence-electron chi connectivity index (χ0n) is 16.7. The van der Waals surface area contributed by atoms with Gasteiger partial charge in [0, 0.05) is 11.8 Å². The van der Waals surface area contributed by atoms with Gasteiger partial charge in [0.1, 0.15) is 16.9 Å². The van der Waals surface area contributed by atoms with E-state index in [4.69, 9.17) is 42.3 Å². The van der Waals surface area contributed by atoms with Crippen LogP contribution in [0.1, 0.15) is 26.7 Å². The summed E-state index contributed by atoms with van der Waals surface area (Å²) in [4.78, 5) is 19.5. The number of pyridine rings is 1. The minimum atomic E-state index is -0.793. The van der Waals surface area contributed by atoms with Gasteiger partial charge in [0.05, 0.1) is 22.6 Å². The van der Waals surface area contributed by atoms with Gasteiger partial charge in [0.2, 0.25) is 11.7 Å². The van der Waals surface area contributed by atoms with E-state index in [2.05, 4.69) is 15.1 Å². The summed E-state index contributed by atoms with van der Waals surface area (Å²) in [6, 6.07) is 6.75. The fourth-order valence-electron chi connectivity index (χ4n) is 3.11. The molecule has 1 aliphatic rings. The van der Waals surface area contributed by atoms with Gasteiger partial charge in [-0.25, -0.2) is 4.98 Å². The summed E-state index contributed by atoms with van der Waals surface area (Å²) in [7, 11) is 0. The van der Waals surface area contributed by atoms with Crippen molar-refractivity contribution in [2.24, 2.45) is 5.92 Å². The van der Waals surface area contributed by atoms with Crippen LogP contribution in [0.4, 0.5) is 0 Å². The van der Waals surface area contributed by atoms with Crippen LogP contribution in [0.2, 0.25) is 10.0 Å². The molecule has 0 aliphatic heterocycles. The molecule has 0 atom stereocenters. The third kappa shape index (κ3) is 4.75. The van der Waals surface area contributed by atoms with Gasteiger partial charge in [-0.2, -0.15) is 4.98 Å². The van der Waals surface area contributed by atoms with Gasteiger partial charge in [-0.05, 0) is 51.0 Å². The number of nitrogens with zero attached hydrogens (tertiary/aromatic N) is 3. The smallest absolute Gasteiger partial charge is 0.306 e. The highest BCUT2D eigenvalue weighted by Crippen LogP contribution is 2.36. The minimum absolute atomic E-state index is 0.0513. The largest absolute Gasteiger partial charge is 0.490 e. The van der Waals surface area contributed by atoms with Gasteiger partial charge in [0.25, 0.3) is 5.89 Å². The maximum absolute atomic E-state index is 10.9. The van der Waals surface area contributed by atoms with E-state index < -0.39 is 5.97 Å². The quantitative estimate of drug-likeness (QED) is 0.513. The topological polar surface area (TPSA) is 108 Å². The van der Waals surface area contributed by atoms with Gasteiger partial charge in [-0.15, -0.1) is 0 Å². The van der Waals surface area contributed by atoms with Crippen LogP contribution in [-0.2, 0) is 4.79 Å². The highest BCUT2D eigenvalue weighted by Gasteiger charge is 2.36. The lowest BCUT2D eigenvalue weighted by Crippen LogP contribution is -2.38. The molecule has 10 heteroatoms. The van der Waals surface area contributed by atoms with Crippen LogP contribution in [0.5, 0.6) is 11.6 Å². The van der Waals surface area contributed by atoms with Crippen LogP contribution < -0.4 is 9.47 Å². The second-order valence-electron chi connectivity index (χ2n) is 7.49. The summed E-state index contributed by atoms with van der Waals surface area (Å²) in [5, 5.41) is 13.7. The SMILES string of the molecule is CC(C)Oc1ncc(-c2noc(-c3ccc(OC4CC(C(=O)O)C4)cc3Cl)n2)cc1Cl. The van der Waals surface area contributed by atoms with Crippen molar-refractivity contribution in [2.75, 3.05) is 0 Å². The first-order valence-corrected chi connectivity index (χ1v) is 10.4. The third-order valence-electron chi connectivity index (χ3n) is 4.76. The number of ether oxygens (including phenoxy) is 2. The van der Waals surface area contributed by atoms with Gasteiger partial charge in [-0.3, -0.25) is 4.79 Å². The molecule has 2 aromatic heterocycles. The van der Waals surface area contributed by atoms with Gasteiger partial charge in [-0.1, -0.05) is 28.4 Å². The highest BCUT2D eigenvalue weighted by molar-refractivity contribution is 6.33. The number of rotatable bonds is 7. The number of halogens is 2. The number of carboxylic acids is 1. The monoisotopic (exact) mass is 463 g/mol. The van der Waals surface area contributed by atoms with Crippen molar-refractivity contribution in [1.29, 1.82) is 0 Å². The summed E-state index contributed by atoms with van der Waals surface area (Å²) >= 11 is 12.6. The van der Waals surface area contributed by atoms with Crippen molar-refractivity contribution in [2.45, 2.75) is 38.9 Å². The molecule has 0 saturated heterocycles. The van der Waals surface area contributed by atoms with Crippen LogP contribution in [0, 0.1) is 5.92 Å². The second kappa shape index (κ2) is 8.72. The molecule has 1 saturated carbocycles. The zero-order valence-corrected chi connectivity index (χ0v) is 18.2. The molecule has 1 N–H and O–H groups in total. The first-order chi connectivity index (χ1) is 14.8. The lowest BCUT2D eigenvalue weighted by molar-refractivity contribution is -0.147. The first-order valence-electron chi connectivity index (χ1n) is 9.66. The Labute approximate surface area is 188 Å². The second-order valence-corrected chi connectivity index (χ2v) is 8.30. The Bertz CT molecular complexity index is 1110. The molecule has 1 aromatic carbocycles. The number of carbonyl (C=O) groups is 1. The first kappa shape index (κ1) is 21.4. The Balaban J connectivity index is 1.48. The standard InChI is InChI=1S/C21H19Cl2N3O5/c1-10(2)29-20-17(23)7-12(9-24-20)18-25-19(31-26-18)15-4-3-13(8-16(15)22)30-14-5-11(6-14)21(27)28/h3-4,7-11,14H,5-6H2,1-2H3,(H,27,28). The minimum Gasteiger partial charge on any atom is -0.490 e. The van der Waals surface area contributed by atoms with E-state index in [9.17, 15) is 4.79 Å². The molecule has 0 unspecified atom stereocenters. The van der Waals surface area contributed by atoms with E-state index in [0.717, 1.165) is 0 Å². The lowest BCUT2D eigenvalue weighted by Gasteiger charge is -2.32. The molecule has 3 aromatic rings. The third-order valence-corrected chi connectivity index (χ3v) is 5.34. The summed E-state index contributed by atoms with van der Waals surface area (Å²) in [5.41, 5.74) is 1.12. The summed E-state index contributed by atoms with van der Waals surface area (Å²) < 4.78 is 16.7. The van der Waals surface area contributed by atoms with Crippen molar-refractivity contribution in [3.8, 4) is 34.5 Å². The average molecular weight is 464 g/mol. The van der Waals surface area contributed by atoms with Gasteiger partial charge >= 0.3 is 5.97 Å². The molecule has 8 nitrogen and oxygen atoms in total. The van der Waals surface area contributed by atoms with Gasteiger partial charge < -0.3 is 19.1 Å². The lowest BCUT2D eigenvalue weighted by atomic mass is 9.82. The van der Waals surface area contributed by atoms with Crippen LogP contribution in [0.3, 0.4) is 0 Å². The summed E-state index contributed by atoms with van der Waals surface area (Å²) in [6.45, 7) is 3.77. The van der Waals surface area contributed by atoms with E-state index in [1.165, 1.54) is 0 Å². The van der Waals surface area contributed by atoms with Crippen LogP contribution in [0.15, 0.2) is 35.0 Å². The normalized spacial score (nSPS) is 18.0. The molecule has 1 fully saturated rings. The zero-order chi connectivity index (χ0) is 22.1. The molecule has 2 heterocycles. The maximum atomic E-state index is 10.9. The molecule has 1 aliphatic carbocycles. The summed E-state index contributed by atoms with van der Waals surface area (Å²) in [5.74, 6) is 0.304. The Hall–Kier alpha value is -2.84. The molecular weight excluding hydrogens is 445 g/mol. The predicted molar refractivity (Wildman–Crippen MR) is 114 cm³/mol. The van der Waals surface area contributed by atoms with Crippen molar-refractivity contribution in [1.82, 2.24) is 15.1 Å². The number of carboxylic acid groups (broad SMARTS) is 1. The van der Waals surface area contributed by atoms with E-state index >= 15 is 0 Å². The fraction of sp³-hybridized carbons (Fsp3) is 0.333. The van der Waals surface area contributed by atoms with E-state index in [1.807, 2.05) is 13.8 Å². The average Bonchev–Trinajstić information content (AvgIpc) is 3.15. The number of aromatic nitrogens is 3. The molecular formula is C21H19Cl2N3O5. The molecule has 0 spiro atoms. The van der Waals surface area contributed by atoms with E-state index in [-0.39, 0.29) is 24.0 Å². The Morgan fingerprint density at radius 1 is 1.23 bits per heavy atom. The van der Waals surface area contributed by atoms with Crippen molar-refractivity contribution >= 4 is 29.2 Å². The highest BCUT2D eigenvalue weighted by atomic mass is 35.5.